The molecule has 1 heterocycles. The Balaban J connectivity index is 2.50. The Hall–Kier alpha value is -2.86. The van der Waals surface area contributed by atoms with Crippen LogP contribution in [0.15, 0.2) is 37.4 Å². The molecule has 0 unspecified atom stereocenters. The number of halogens is 1. The topological polar surface area (TPSA) is 89.0 Å². The quantitative estimate of drug-likeness (QED) is 0.627. The Kier molecular flexibility index (Phi) is 5.55. The average Bonchev–Trinajstić information content (AvgIpc) is 2.55. The predicted octanol–water partition coefficient (Wildman–Crippen LogP) is 3.22. The maximum absolute atomic E-state index is 14.2. The van der Waals surface area contributed by atoms with Gasteiger partial charge in [0, 0.05) is 35.6 Å². The Morgan fingerprint density at radius 2 is 2.12 bits per heavy atom. The minimum atomic E-state index is -0.510. The largest absolute Gasteiger partial charge is 0.399 e. The summed E-state index contributed by atoms with van der Waals surface area (Å²) in [5, 5.41) is 6.05. The standard InChI is InChI=1S/C18H22FN5/c1-4-13-11(2)6-5-7-16(13)23-17-14(12(3)21)10-15(19)18(24-17)22-9-8-20/h4-7,10H,1,3,8-9,20-21H2,2H3,(H2,22,23,24). The number of hydrogen-bond donors (Lipinski definition) is 4. The van der Waals surface area contributed by atoms with E-state index in [1.807, 2.05) is 25.1 Å². The lowest BCUT2D eigenvalue weighted by molar-refractivity contribution is 0.624. The van der Waals surface area contributed by atoms with E-state index in [-0.39, 0.29) is 11.5 Å². The third kappa shape index (κ3) is 3.72. The molecule has 0 atom stereocenters. The second-order valence-corrected chi connectivity index (χ2v) is 5.32. The molecular formula is C18H22FN5. The molecule has 0 aliphatic rings. The molecule has 2 rings (SSSR count). The molecule has 0 bridgehead atoms. The van der Waals surface area contributed by atoms with Gasteiger partial charge in [-0.1, -0.05) is 31.4 Å². The van der Waals surface area contributed by atoms with Crippen molar-refractivity contribution in [1.82, 2.24) is 4.98 Å². The zero-order valence-corrected chi connectivity index (χ0v) is 13.7. The zero-order chi connectivity index (χ0) is 17.7. The van der Waals surface area contributed by atoms with Gasteiger partial charge < -0.3 is 22.1 Å². The number of nitrogens with one attached hydrogen (secondary N) is 2. The van der Waals surface area contributed by atoms with Crippen LogP contribution in [0.3, 0.4) is 0 Å². The fourth-order valence-corrected chi connectivity index (χ4v) is 2.33. The van der Waals surface area contributed by atoms with Gasteiger partial charge in [-0.25, -0.2) is 9.37 Å². The molecule has 0 saturated carbocycles. The number of aryl methyl sites for hydroxylation is 1. The monoisotopic (exact) mass is 327 g/mol. The minimum Gasteiger partial charge on any atom is -0.399 e. The number of benzene rings is 1. The minimum absolute atomic E-state index is 0.112. The van der Waals surface area contributed by atoms with Crippen molar-refractivity contribution in [3.63, 3.8) is 0 Å². The normalized spacial score (nSPS) is 10.3. The molecule has 0 fully saturated rings. The Morgan fingerprint density at radius 3 is 2.75 bits per heavy atom. The fourth-order valence-electron chi connectivity index (χ4n) is 2.33. The number of nitrogens with two attached hydrogens (primary N) is 2. The van der Waals surface area contributed by atoms with Crippen molar-refractivity contribution in [3.8, 4) is 0 Å². The van der Waals surface area contributed by atoms with Gasteiger partial charge in [-0.15, -0.1) is 0 Å². The van der Waals surface area contributed by atoms with Crippen LogP contribution in [0.1, 0.15) is 16.7 Å². The highest BCUT2D eigenvalue weighted by Crippen LogP contribution is 2.29. The first kappa shape index (κ1) is 17.5. The summed E-state index contributed by atoms with van der Waals surface area (Å²) >= 11 is 0. The van der Waals surface area contributed by atoms with E-state index in [4.69, 9.17) is 11.5 Å². The van der Waals surface area contributed by atoms with E-state index >= 15 is 0 Å². The summed E-state index contributed by atoms with van der Waals surface area (Å²) in [6, 6.07) is 7.10. The van der Waals surface area contributed by atoms with Crippen molar-refractivity contribution in [2.75, 3.05) is 23.7 Å². The van der Waals surface area contributed by atoms with E-state index in [2.05, 4.69) is 28.8 Å². The molecule has 24 heavy (non-hydrogen) atoms. The van der Waals surface area contributed by atoms with Crippen LogP contribution < -0.4 is 22.1 Å². The Labute approximate surface area is 141 Å². The number of anilines is 3. The van der Waals surface area contributed by atoms with Gasteiger partial charge in [0.1, 0.15) is 5.82 Å². The predicted molar refractivity (Wildman–Crippen MR) is 99.5 cm³/mol. The van der Waals surface area contributed by atoms with E-state index in [0.29, 0.717) is 24.5 Å². The summed E-state index contributed by atoms with van der Waals surface area (Å²) in [6.45, 7) is 10.3. The molecule has 1 aromatic carbocycles. The van der Waals surface area contributed by atoms with Crippen molar-refractivity contribution in [2.24, 2.45) is 11.5 Å². The van der Waals surface area contributed by atoms with Gasteiger partial charge in [0.05, 0.1) is 0 Å². The summed E-state index contributed by atoms with van der Waals surface area (Å²) in [5.74, 6) is 0.0154. The number of pyridine rings is 1. The van der Waals surface area contributed by atoms with Crippen LogP contribution >= 0.6 is 0 Å². The van der Waals surface area contributed by atoms with E-state index in [9.17, 15) is 4.39 Å². The molecule has 6 N–H and O–H groups in total. The van der Waals surface area contributed by atoms with Crippen LogP contribution in [0.4, 0.5) is 21.7 Å². The van der Waals surface area contributed by atoms with Crippen molar-refractivity contribution in [1.29, 1.82) is 0 Å². The lowest BCUT2D eigenvalue weighted by Crippen LogP contribution is -2.16. The average molecular weight is 327 g/mol. The maximum Gasteiger partial charge on any atom is 0.166 e. The van der Waals surface area contributed by atoms with E-state index in [1.54, 1.807) is 6.08 Å². The van der Waals surface area contributed by atoms with Gasteiger partial charge >= 0.3 is 0 Å². The molecule has 0 amide bonds. The zero-order valence-electron chi connectivity index (χ0n) is 13.7. The molecule has 126 valence electrons. The lowest BCUT2D eigenvalue weighted by atomic mass is 10.1. The van der Waals surface area contributed by atoms with Crippen molar-refractivity contribution < 1.29 is 4.39 Å². The van der Waals surface area contributed by atoms with Crippen molar-refractivity contribution >= 4 is 29.1 Å². The molecule has 0 aliphatic heterocycles. The van der Waals surface area contributed by atoms with Crippen LogP contribution in [0.2, 0.25) is 0 Å². The van der Waals surface area contributed by atoms with Gasteiger partial charge in [0.25, 0.3) is 0 Å². The molecule has 0 radical (unpaired) electrons. The smallest absolute Gasteiger partial charge is 0.166 e. The van der Waals surface area contributed by atoms with Crippen LogP contribution in [-0.2, 0) is 0 Å². The summed E-state index contributed by atoms with van der Waals surface area (Å²) in [4.78, 5) is 4.30. The summed E-state index contributed by atoms with van der Waals surface area (Å²) in [5.41, 5.74) is 14.7. The molecule has 0 aliphatic carbocycles. The summed E-state index contributed by atoms with van der Waals surface area (Å²) in [6.07, 6.45) is 1.76. The first-order valence-electron chi connectivity index (χ1n) is 7.56. The first-order valence-corrected chi connectivity index (χ1v) is 7.56. The molecule has 0 saturated heterocycles. The SMILES string of the molecule is C=Cc1c(C)cccc1Nc1nc(NCCN)c(F)cc1C(=C)N. The fraction of sp³-hybridized carbons (Fsp3) is 0.167. The Morgan fingerprint density at radius 1 is 1.38 bits per heavy atom. The molecule has 2 aromatic rings. The maximum atomic E-state index is 14.2. The second-order valence-electron chi connectivity index (χ2n) is 5.32. The van der Waals surface area contributed by atoms with Crippen LogP contribution in [0, 0.1) is 12.7 Å². The van der Waals surface area contributed by atoms with Crippen LogP contribution in [0.5, 0.6) is 0 Å². The second kappa shape index (κ2) is 7.61. The summed E-state index contributed by atoms with van der Waals surface area (Å²) in [7, 11) is 0. The molecular weight excluding hydrogens is 305 g/mol. The Bertz CT molecular complexity index is 770. The number of hydrogen-bond acceptors (Lipinski definition) is 5. The molecule has 6 heteroatoms. The van der Waals surface area contributed by atoms with E-state index in [0.717, 1.165) is 16.8 Å². The number of nitrogens with zero attached hydrogens (tertiary/aromatic N) is 1. The van der Waals surface area contributed by atoms with E-state index in [1.165, 1.54) is 6.07 Å². The van der Waals surface area contributed by atoms with Gasteiger partial charge in [-0.2, -0.15) is 0 Å². The number of rotatable bonds is 7. The molecule has 0 spiro atoms. The van der Waals surface area contributed by atoms with E-state index < -0.39 is 5.82 Å². The highest BCUT2D eigenvalue weighted by atomic mass is 19.1. The first-order chi connectivity index (χ1) is 11.5. The highest BCUT2D eigenvalue weighted by Gasteiger charge is 2.14. The van der Waals surface area contributed by atoms with Crippen molar-refractivity contribution in [3.05, 3.63) is 59.9 Å². The summed E-state index contributed by atoms with van der Waals surface area (Å²) < 4.78 is 14.2. The highest BCUT2D eigenvalue weighted by molar-refractivity contribution is 5.79. The van der Waals surface area contributed by atoms with Gasteiger partial charge in [-0.05, 0) is 24.6 Å². The molecule has 5 nitrogen and oxygen atoms in total. The van der Waals surface area contributed by atoms with Crippen LogP contribution in [-0.4, -0.2) is 18.1 Å². The lowest BCUT2D eigenvalue weighted by Gasteiger charge is -2.16. The van der Waals surface area contributed by atoms with Gasteiger partial charge in [0.15, 0.2) is 11.6 Å². The molecule has 1 aromatic heterocycles. The third-order valence-corrected chi connectivity index (χ3v) is 3.54. The van der Waals surface area contributed by atoms with Gasteiger partial charge in [0.2, 0.25) is 0 Å². The van der Waals surface area contributed by atoms with Gasteiger partial charge in [-0.3, -0.25) is 0 Å². The third-order valence-electron chi connectivity index (χ3n) is 3.54. The number of aromatic nitrogens is 1. The van der Waals surface area contributed by atoms with Crippen molar-refractivity contribution in [2.45, 2.75) is 6.92 Å². The van der Waals surface area contributed by atoms with Crippen LogP contribution in [0.25, 0.3) is 11.8 Å².